The van der Waals surface area contributed by atoms with Crippen LogP contribution in [0.3, 0.4) is 0 Å². The molecule has 0 amide bonds. The molecule has 3 saturated heterocycles. The quantitative estimate of drug-likeness (QED) is 0.500. The van der Waals surface area contributed by atoms with E-state index in [0.29, 0.717) is 32.8 Å². The van der Waals surface area contributed by atoms with Crippen LogP contribution in [0.15, 0.2) is 24.5 Å². The number of rotatable bonds is 4. The molecule has 7 nitrogen and oxygen atoms in total. The predicted octanol–water partition coefficient (Wildman–Crippen LogP) is 4.88. The van der Waals surface area contributed by atoms with Gasteiger partial charge >= 0.3 is 6.01 Å². The average molecular weight is 548 g/mol. The summed E-state index contributed by atoms with van der Waals surface area (Å²) in [5, 5.41) is 4.38. The van der Waals surface area contributed by atoms with E-state index in [-0.39, 0.29) is 30.0 Å². The number of ether oxygens (including phenoxy) is 1. The smallest absolute Gasteiger partial charge is 0.319 e. The lowest BCUT2D eigenvalue weighted by atomic mass is 9.73. The lowest BCUT2D eigenvalue weighted by Crippen LogP contribution is -2.58. The maximum atomic E-state index is 16.2. The average Bonchev–Trinajstić information content (AvgIpc) is 2.86. The molecule has 6 rings (SSSR count). The fourth-order valence-electron chi connectivity index (χ4n) is 5.70. The highest BCUT2D eigenvalue weighted by molar-refractivity contribution is 6.34. The Kier molecular flexibility index (Phi) is 7.47. The van der Waals surface area contributed by atoms with Gasteiger partial charge in [0.15, 0.2) is 5.82 Å². The monoisotopic (exact) mass is 546 g/mol. The summed E-state index contributed by atoms with van der Waals surface area (Å²) in [6, 6.07) is 3.91. The summed E-state index contributed by atoms with van der Waals surface area (Å²) < 4.78 is 22.5. The number of benzene rings is 1. The number of nitrogens with zero attached hydrogens (tertiary/aromatic N) is 5. The molecule has 1 spiro atoms. The van der Waals surface area contributed by atoms with Gasteiger partial charge in [0.05, 0.1) is 5.02 Å². The molecule has 5 heterocycles. The Hall–Kier alpha value is -2.26. The Bertz CT molecular complexity index is 1290. The van der Waals surface area contributed by atoms with Gasteiger partial charge in [0.25, 0.3) is 0 Å². The molecule has 10 heteroatoms. The Labute approximate surface area is 228 Å². The van der Waals surface area contributed by atoms with E-state index in [0.717, 1.165) is 70.5 Å². The van der Waals surface area contributed by atoms with Crippen LogP contribution in [-0.4, -0.2) is 72.3 Å². The fraction of sp³-hybridized carbons (Fsp3) is 0.519. The fourth-order valence-corrected chi connectivity index (χ4v) is 6.00. The van der Waals surface area contributed by atoms with Crippen LogP contribution in [0.2, 0.25) is 5.02 Å². The van der Waals surface area contributed by atoms with E-state index in [2.05, 4.69) is 32.1 Å². The lowest BCUT2D eigenvalue weighted by molar-refractivity contribution is 0.105. The van der Waals surface area contributed by atoms with Crippen LogP contribution in [0.5, 0.6) is 6.01 Å². The number of nitrogens with one attached hydrogen (secondary N) is 1. The number of piperidine rings is 2. The Balaban J connectivity index is 0.00000280. The van der Waals surface area contributed by atoms with Crippen LogP contribution in [0.1, 0.15) is 31.2 Å². The van der Waals surface area contributed by atoms with Crippen molar-refractivity contribution >= 4 is 40.7 Å². The van der Waals surface area contributed by atoms with Crippen LogP contribution >= 0.6 is 24.0 Å². The molecule has 2 aromatic heterocycles. The number of fused-ring (bicyclic) bond motifs is 1. The molecule has 0 aliphatic carbocycles. The van der Waals surface area contributed by atoms with Crippen molar-refractivity contribution in [3.05, 3.63) is 40.9 Å². The largest absolute Gasteiger partial charge is 0.460 e. The maximum absolute atomic E-state index is 16.2. The van der Waals surface area contributed by atoms with Crippen LogP contribution in [0.25, 0.3) is 22.0 Å². The van der Waals surface area contributed by atoms with E-state index in [1.165, 1.54) is 0 Å². The van der Waals surface area contributed by atoms with Crippen molar-refractivity contribution < 1.29 is 9.13 Å². The second kappa shape index (κ2) is 10.5. The van der Waals surface area contributed by atoms with Gasteiger partial charge in [0, 0.05) is 68.2 Å². The molecule has 3 aromatic rings. The molecule has 0 atom stereocenters. The first-order valence-corrected chi connectivity index (χ1v) is 13.2. The van der Waals surface area contributed by atoms with Crippen molar-refractivity contribution in [2.45, 2.75) is 38.7 Å². The predicted molar refractivity (Wildman–Crippen MR) is 148 cm³/mol. The van der Waals surface area contributed by atoms with E-state index in [4.69, 9.17) is 21.3 Å². The van der Waals surface area contributed by atoms with Gasteiger partial charge in [0.2, 0.25) is 0 Å². The van der Waals surface area contributed by atoms with Gasteiger partial charge in [-0.05, 0) is 62.8 Å². The number of hydrogen-bond donors (Lipinski definition) is 1. The van der Waals surface area contributed by atoms with Crippen molar-refractivity contribution in [2.24, 2.45) is 5.41 Å². The summed E-state index contributed by atoms with van der Waals surface area (Å²) >= 11 is 6.73. The minimum absolute atomic E-state index is 0. The summed E-state index contributed by atoms with van der Waals surface area (Å²) in [7, 11) is 2.11. The molecule has 3 aliphatic heterocycles. The van der Waals surface area contributed by atoms with Gasteiger partial charge in [-0.3, -0.25) is 4.98 Å². The SMILES string of the molecule is Cc1ccncc1-c1c(Cl)cc2c(N3CCC4(CC3)CNC4)nc(OC3CCN(C)CC3)nc2c1F.Cl. The van der Waals surface area contributed by atoms with Crippen molar-refractivity contribution in [3.8, 4) is 17.1 Å². The molecule has 1 N–H and O–H groups in total. The Morgan fingerprint density at radius 1 is 1.14 bits per heavy atom. The van der Waals surface area contributed by atoms with Gasteiger partial charge in [-0.2, -0.15) is 9.97 Å². The summed E-state index contributed by atoms with van der Waals surface area (Å²) in [5.41, 5.74) is 2.52. The second-order valence-electron chi connectivity index (χ2n) is 10.7. The van der Waals surface area contributed by atoms with E-state index >= 15 is 4.39 Å². The summed E-state index contributed by atoms with van der Waals surface area (Å²) in [6.07, 6.45) is 7.33. The van der Waals surface area contributed by atoms with Gasteiger partial charge in [0.1, 0.15) is 17.4 Å². The second-order valence-corrected chi connectivity index (χ2v) is 11.1. The first-order valence-electron chi connectivity index (χ1n) is 12.8. The minimum atomic E-state index is -0.456. The third-order valence-electron chi connectivity index (χ3n) is 8.21. The Morgan fingerprint density at radius 3 is 2.51 bits per heavy atom. The highest BCUT2D eigenvalue weighted by Crippen LogP contribution is 2.42. The van der Waals surface area contributed by atoms with E-state index in [1.54, 1.807) is 12.4 Å². The first-order chi connectivity index (χ1) is 17.4. The molecule has 0 unspecified atom stereocenters. The number of aromatic nitrogens is 3. The number of hydrogen-bond acceptors (Lipinski definition) is 7. The minimum Gasteiger partial charge on any atom is -0.460 e. The van der Waals surface area contributed by atoms with Crippen molar-refractivity contribution in [3.63, 3.8) is 0 Å². The van der Waals surface area contributed by atoms with Crippen molar-refractivity contribution in [2.75, 3.05) is 51.2 Å². The van der Waals surface area contributed by atoms with Crippen LogP contribution < -0.4 is 15.0 Å². The lowest BCUT2D eigenvalue weighted by Gasteiger charge is -2.48. The standard InChI is InChI=1S/C27H32ClFN6O.ClH/c1-17-3-8-30-14-20(17)22-21(28)13-19-24(23(22)29)32-26(36-18-4-9-34(2)10-5-18)33-25(19)35-11-6-27(7-12-35)15-31-16-27;/h3,8,13-14,18,31H,4-7,9-12,15-16H2,1-2H3;1H. The number of halogens is 3. The molecule has 3 fully saturated rings. The number of aryl methyl sites for hydroxylation is 1. The summed E-state index contributed by atoms with van der Waals surface area (Å²) in [4.78, 5) is 18.2. The van der Waals surface area contributed by atoms with E-state index < -0.39 is 5.82 Å². The molecule has 0 bridgehead atoms. The summed E-state index contributed by atoms with van der Waals surface area (Å²) in [6.45, 7) is 7.72. The third-order valence-corrected chi connectivity index (χ3v) is 8.51. The Morgan fingerprint density at radius 2 is 1.86 bits per heavy atom. The summed E-state index contributed by atoms with van der Waals surface area (Å²) in [5.74, 6) is 0.252. The number of anilines is 1. The normalized spacial score (nSPS) is 20.1. The molecule has 0 radical (unpaired) electrons. The van der Waals surface area contributed by atoms with Gasteiger partial charge in [-0.1, -0.05) is 11.6 Å². The first kappa shape index (κ1) is 26.4. The highest BCUT2D eigenvalue weighted by atomic mass is 35.5. The molecule has 37 heavy (non-hydrogen) atoms. The molecular weight excluding hydrogens is 514 g/mol. The molecule has 198 valence electrons. The zero-order chi connectivity index (χ0) is 24.9. The van der Waals surface area contributed by atoms with Gasteiger partial charge < -0.3 is 19.9 Å². The zero-order valence-electron chi connectivity index (χ0n) is 21.3. The highest BCUT2D eigenvalue weighted by Gasteiger charge is 2.40. The van der Waals surface area contributed by atoms with Crippen molar-refractivity contribution in [1.82, 2.24) is 25.2 Å². The molecular formula is C27H33Cl2FN6O. The van der Waals surface area contributed by atoms with Crippen LogP contribution in [0, 0.1) is 18.2 Å². The van der Waals surface area contributed by atoms with E-state index in [1.807, 2.05) is 19.1 Å². The van der Waals surface area contributed by atoms with Gasteiger partial charge in [-0.25, -0.2) is 4.39 Å². The van der Waals surface area contributed by atoms with E-state index in [9.17, 15) is 0 Å². The number of likely N-dealkylation sites (tertiary alicyclic amines) is 1. The van der Waals surface area contributed by atoms with Crippen molar-refractivity contribution in [1.29, 1.82) is 0 Å². The van der Waals surface area contributed by atoms with Crippen LogP contribution in [0.4, 0.5) is 10.2 Å². The van der Waals surface area contributed by atoms with Crippen LogP contribution in [-0.2, 0) is 0 Å². The molecule has 0 saturated carbocycles. The third kappa shape index (κ3) is 4.97. The zero-order valence-corrected chi connectivity index (χ0v) is 22.8. The number of pyridine rings is 1. The topological polar surface area (TPSA) is 66.4 Å². The maximum Gasteiger partial charge on any atom is 0.319 e. The molecule has 3 aliphatic rings. The van der Waals surface area contributed by atoms with Gasteiger partial charge in [-0.15, -0.1) is 12.4 Å². The molecule has 1 aromatic carbocycles.